The van der Waals surface area contributed by atoms with Crippen molar-refractivity contribution in [3.8, 4) is 0 Å². The van der Waals surface area contributed by atoms with Gasteiger partial charge in [-0.2, -0.15) is 5.10 Å². The Balaban J connectivity index is 1.66. The number of rotatable bonds is 5. The van der Waals surface area contributed by atoms with Crippen molar-refractivity contribution in [3.63, 3.8) is 0 Å². The van der Waals surface area contributed by atoms with Gasteiger partial charge >= 0.3 is 5.97 Å². The zero-order valence-corrected chi connectivity index (χ0v) is 18.0. The minimum absolute atomic E-state index is 0.0110. The van der Waals surface area contributed by atoms with E-state index in [1.165, 1.54) is 11.3 Å². The Kier molecular flexibility index (Phi) is 5.51. The molecule has 1 unspecified atom stereocenters. The van der Waals surface area contributed by atoms with E-state index in [9.17, 15) is 4.79 Å². The maximum Gasteiger partial charge on any atom is 0.348 e. The second-order valence-corrected chi connectivity index (χ2v) is 8.23. The maximum absolute atomic E-state index is 12.4. The van der Waals surface area contributed by atoms with Crippen LogP contribution in [0.2, 0.25) is 0 Å². The first-order chi connectivity index (χ1) is 14.0. The maximum atomic E-state index is 12.4. The number of ether oxygens (including phenoxy) is 2. The number of carbonyl (C=O) groups is 1. The smallest absolute Gasteiger partial charge is 0.348 e. The summed E-state index contributed by atoms with van der Waals surface area (Å²) in [6, 6.07) is 0. The number of fused-ring (bicyclic) bond motifs is 1. The van der Waals surface area contributed by atoms with Gasteiger partial charge in [0.1, 0.15) is 21.3 Å². The lowest BCUT2D eigenvalue weighted by Gasteiger charge is -2.34. The third-order valence-electron chi connectivity index (χ3n) is 4.94. The summed E-state index contributed by atoms with van der Waals surface area (Å²) in [5, 5.41) is 5.30. The molecule has 0 aromatic carbocycles. The quantitative estimate of drug-likeness (QED) is 0.593. The first kappa shape index (κ1) is 19.8. The van der Waals surface area contributed by atoms with Gasteiger partial charge in [-0.15, -0.1) is 11.3 Å². The predicted molar refractivity (Wildman–Crippen MR) is 112 cm³/mol. The summed E-state index contributed by atoms with van der Waals surface area (Å²) < 4.78 is 13.1. The minimum atomic E-state index is -0.300. The number of thiophene rings is 1. The Morgan fingerprint density at radius 1 is 1.34 bits per heavy atom. The molecule has 1 fully saturated rings. The van der Waals surface area contributed by atoms with Crippen LogP contribution in [0.25, 0.3) is 10.2 Å². The van der Waals surface area contributed by atoms with Crippen molar-refractivity contribution in [2.45, 2.75) is 40.3 Å². The zero-order valence-electron chi connectivity index (χ0n) is 17.1. The van der Waals surface area contributed by atoms with E-state index in [1.54, 1.807) is 0 Å². The Bertz CT molecular complexity index is 1040. The second-order valence-electron chi connectivity index (χ2n) is 7.23. The minimum Gasteiger partial charge on any atom is -0.462 e. The number of aryl methyl sites for hydroxylation is 3. The Labute approximate surface area is 173 Å². The first-order valence-electron chi connectivity index (χ1n) is 9.76. The molecule has 4 heterocycles. The lowest BCUT2D eigenvalue weighted by Crippen LogP contribution is -2.44. The van der Waals surface area contributed by atoms with Crippen molar-refractivity contribution in [3.05, 3.63) is 34.2 Å². The number of esters is 1. The highest BCUT2D eigenvalue weighted by atomic mass is 32.1. The molecule has 0 N–H and O–H groups in total. The topological polar surface area (TPSA) is 82.4 Å². The molecule has 154 valence electrons. The number of hydrogen-bond acceptors (Lipinski definition) is 8. The largest absolute Gasteiger partial charge is 0.462 e. The van der Waals surface area contributed by atoms with Crippen LogP contribution in [-0.2, 0) is 16.0 Å². The molecule has 0 amide bonds. The Morgan fingerprint density at radius 3 is 2.90 bits per heavy atom. The number of aromatic nitrogens is 4. The molecular weight excluding hydrogens is 390 g/mol. The van der Waals surface area contributed by atoms with Gasteiger partial charge in [0.15, 0.2) is 0 Å². The van der Waals surface area contributed by atoms with E-state index < -0.39 is 0 Å². The van der Waals surface area contributed by atoms with Crippen molar-refractivity contribution in [2.24, 2.45) is 0 Å². The van der Waals surface area contributed by atoms with Crippen LogP contribution in [-0.4, -0.2) is 58.1 Å². The average Bonchev–Trinajstić information content (AvgIpc) is 3.24. The van der Waals surface area contributed by atoms with Gasteiger partial charge in [-0.1, -0.05) is 0 Å². The molecule has 0 aliphatic carbocycles. The highest BCUT2D eigenvalue weighted by molar-refractivity contribution is 7.20. The highest BCUT2D eigenvalue weighted by Gasteiger charge is 2.27. The van der Waals surface area contributed by atoms with Crippen LogP contribution in [0.3, 0.4) is 0 Å². The molecular formula is C20H25N5O3S. The molecule has 0 radical (unpaired) electrons. The highest BCUT2D eigenvalue weighted by Crippen LogP contribution is 2.36. The molecule has 1 aliphatic rings. The molecule has 0 spiro atoms. The summed E-state index contributed by atoms with van der Waals surface area (Å²) >= 11 is 1.37. The summed E-state index contributed by atoms with van der Waals surface area (Å²) in [6.45, 7) is 10.8. The van der Waals surface area contributed by atoms with E-state index in [0.717, 1.165) is 33.7 Å². The fraction of sp³-hybridized carbons (Fsp3) is 0.500. The van der Waals surface area contributed by atoms with Gasteiger partial charge < -0.3 is 14.4 Å². The van der Waals surface area contributed by atoms with Gasteiger partial charge in [0.25, 0.3) is 0 Å². The van der Waals surface area contributed by atoms with Crippen LogP contribution < -0.4 is 4.90 Å². The van der Waals surface area contributed by atoms with E-state index in [1.807, 2.05) is 44.8 Å². The summed E-state index contributed by atoms with van der Waals surface area (Å²) in [5.41, 5.74) is 2.01. The average molecular weight is 416 g/mol. The molecule has 9 heteroatoms. The number of anilines is 1. The van der Waals surface area contributed by atoms with Gasteiger partial charge in [0.05, 0.1) is 37.4 Å². The van der Waals surface area contributed by atoms with Crippen LogP contribution in [0.15, 0.2) is 12.4 Å². The summed E-state index contributed by atoms with van der Waals surface area (Å²) in [6.07, 6.45) is 3.88. The molecule has 0 bridgehead atoms. The fourth-order valence-corrected chi connectivity index (χ4v) is 4.75. The van der Waals surface area contributed by atoms with Crippen LogP contribution in [0.5, 0.6) is 0 Å². The summed E-state index contributed by atoms with van der Waals surface area (Å²) in [7, 11) is 0. The van der Waals surface area contributed by atoms with Crippen molar-refractivity contribution >= 4 is 33.3 Å². The van der Waals surface area contributed by atoms with E-state index in [4.69, 9.17) is 14.5 Å². The second kappa shape index (κ2) is 8.08. The lowest BCUT2D eigenvalue weighted by atomic mass is 10.1. The van der Waals surface area contributed by atoms with Crippen LogP contribution in [0, 0.1) is 20.8 Å². The Morgan fingerprint density at radius 2 is 2.17 bits per heavy atom. The van der Waals surface area contributed by atoms with Gasteiger partial charge in [-0.25, -0.2) is 14.8 Å². The zero-order chi connectivity index (χ0) is 20.5. The number of carbonyl (C=O) groups excluding carboxylic acids is 1. The van der Waals surface area contributed by atoms with Gasteiger partial charge in [-0.3, -0.25) is 4.68 Å². The monoisotopic (exact) mass is 415 g/mol. The van der Waals surface area contributed by atoms with Gasteiger partial charge in [-0.05, 0) is 38.8 Å². The van der Waals surface area contributed by atoms with Crippen molar-refractivity contribution in [2.75, 3.05) is 31.2 Å². The van der Waals surface area contributed by atoms with Crippen LogP contribution in [0.1, 0.15) is 33.5 Å². The molecule has 8 nitrogen and oxygen atoms in total. The van der Waals surface area contributed by atoms with E-state index in [0.29, 0.717) is 37.0 Å². The van der Waals surface area contributed by atoms with Gasteiger partial charge in [0, 0.05) is 19.3 Å². The fourth-order valence-electron chi connectivity index (χ4n) is 3.64. The van der Waals surface area contributed by atoms with E-state index in [-0.39, 0.29) is 12.1 Å². The third-order valence-corrected chi connectivity index (χ3v) is 6.10. The molecule has 3 aromatic rings. The van der Waals surface area contributed by atoms with Crippen LogP contribution in [0.4, 0.5) is 5.82 Å². The molecule has 29 heavy (non-hydrogen) atoms. The van der Waals surface area contributed by atoms with Crippen molar-refractivity contribution in [1.82, 2.24) is 19.7 Å². The van der Waals surface area contributed by atoms with Crippen molar-refractivity contribution in [1.29, 1.82) is 0 Å². The standard InChI is InChI=1S/C20H25N5O3S/c1-5-27-20(26)17-13(3)16-18(22-14(4)23-19(16)29-17)24-6-7-28-15(10-24)11-25-9-12(2)8-21-25/h8-9,15H,5-7,10-11H2,1-4H3. The van der Waals surface area contributed by atoms with Crippen molar-refractivity contribution < 1.29 is 14.3 Å². The predicted octanol–water partition coefficient (Wildman–Crippen LogP) is 2.90. The normalized spacial score (nSPS) is 17.1. The lowest BCUT2D eigenvalue weighted by molar-refractivity contribution is 0.0272. The van der Waals surface area contributed by atoms with Gasteiger partial charge in [0.2, 0.25) is 0 Å². The third kappa shape index (κ3) is 3.97. The molecule has 4 rings (SSSR count). The van der Waals surface area contributed by atoms with Crippen LogP contribution >= 0.6 is 11.3 Å². The number of hydrogen-bond donors (Lipinski definition) is 0. The van der Waals surface area contributed by atoms with E-state index in [2.05, 4.69) is 15.0 Å². The molecule has 0 saturated carbocycles. The molecule has 1 atom stereocenters. The van der Waals surface area contributed by atoms with E-state index >= 15 is 0 Å². The number of morpholine rings is 1. The Hall–Kier alpha value is -2.52. The molecule has 3 aromatic heterocycles. The summed E-state index contributed by atoms with van der Waals surface area (Å²) in [4.78, 5) is 25.3. The molecule has 1 aliphatic heterocycles. The molecule has 1 saturated heterocycles. The SMILES string of the molecule is CCOC(=O)c1sc2nc(C)nc(N3CCOC(Cn4cc(C)cn4)C3)c2c1C. The number of nitrogens with zero attached hydrogens (tertiary/aromatic N) is 5. The first-order valence-corrected chi connectivity index (χ1v) is 10.6. The summed E-state index contributed by atoms with van der Waals surface area (Å²) in [5.74, 6) is 1.25.